The molecule has 2 aromatic heterocycles. The molecule has 4 aromatic rings. The molecule has 0 saturated carbocycles. The first-order valence-corrected chi connectivity index (χ1v) is 11.7. The lowest BCUT2D eigenvalue weighted by molar-refractivity contribution is 0.0697. The van der Waals surface area contributed by atoms with E-state index in [4.69, 9.17) is 0 Å². The maximum atomic E-state index is 14.1. The van der Waals surface area contributed by atoms with Gasteiger partial charge in [-0.1, -0.05) is 25.8 Å². The second kappa shape index (κ2) is 10.2. The number of nitrogens with one attached hydrogen (secondary N) is 2. The van der Waals surface area contributed by atoms with Gasteiger partial charge < -0.3 is 20.3 Å². The largest absolute Gasteiger partial charge is 0.478 e. The van der Waals surface area contributed by atoms with E-state index in [1.54, 1.807) is 31.4 Å². The molecule has 0 fully saturated rings. The predicted molar refractivity (Wildman–Crippen MR) is 138 cm³/mol. The summed E-state index contributed by atoms with van der Waals surface area (Å²) < 4.78 is 14.1. The monoisotopic (exact) mass is 476 g/mol. The zero-order chi connectivity index (χ0) is 25.1. The molecule has 182 valence electrons. The Balaban J connectivity index is 1.85. The standard InChI is InChI=1S/C27H29FN4O3/c1-4-5-6-9-32(3)15-17-8-7-16(27(34)35)10-20(17)18-11-22-25(33)21-12-19(28)13-23(29-2)24(21)31-26(22)30-14-18/h7-8,10-14,29H,4-6,9,15H2,1-3H3,(H,34,35)(H,30,31,33). The molecule has 0 saturated heterocycles. The molecule has 0 unspecified atom stereocenters. The molecule has 3 N–H and O–H groups in total. The number of hydrogen-bond acceptors (Lipinski definition) is 5. The Morgan fingerprint density at radius 1 is 1.17 bits per heavy atom. The number of carbonyl (C=O) groups is 1. The number of anilines is 1. The lowest BCUT2D eigenvalue weighted by atomic mass is 9.97. The van der Waals surface area contributed by atoms with Crippen LogP contribution >= 0.6 is 0 Å². The number of benzene rings is 2. The number of aromatic amines is 1. The fraction of sp³-hybridized carbons (Fsp3) is 0.296. The zero-order valence-corrected chi connectivity index (χ0v) is 20.1. The van der Waals surface area contributed by atoms with Gasteiger partial charge in [-0.15, -0.1) is 0 Å². The van der Waals surface area contributed by atoms with Gasteiger partial charge in [-0.05, 0) is 61.5 Å². The van der Waals surface area contributed by atoms with Gasteiger partial charge in [0.1, 0.15) is 11.5 Å². The van der Waals surface area contributed by atoms with Crippen molar-refractivity contribution < 1.29 is 14.3 Å². The Labute approximate surface area is 202 Å². The lowest BCUT2D eigenvalue weighted by Crippen LogP contribution is -2.19. The number of unbranched alkanes of at least 4 members (excludes halogenated alkanes) is 2. The Morgan fingerprint density at radius 2 is 1.97 bits per heavy atom. The summed E-state index contributed by atoms with van der Waals surface area (Å²) in [5.74, 6) is -1.54. The number of nitrogens with zero attached hydrogens (tertiary/aromatic N) is 2. The lowest BCUT2D eigenvalue weighted by Gasteiger charge is -2.19. The average Bonchev–Trinajstić information content (AvgIpc) is 2.84. The minimum atomic E-state index is -1.03. The van der Waals surface area contributed by atoms with E-state index < -0.39 is 11.8 Å². The van der Waals surface area contributed by atoms with Crippen LogP contribution in [-0.2, 0) is 6.54 Å². The second-order valence-electron chi connectivity index (χ2n) is 8.82. The summed E-state index contributed by atoms with van der Waals surface area (Å²) >= 11 is 0. The zero-order valence-electron chi connectivity index (χ0n) is 20.1. The van der Waals surface area contributed by atoms with Gasteiger partial charge in [0.25, 0.3) is 0 Å². The number of rotatable bonds is 9. The third-order valence-corrected chi connectivity index (χ3v) is 6.24. The van der Waals surface area contributed by atoms with Crippen molar-refractivity contribution in [2.24, 2.45) is 0 Å². The summed E-state index contributed by atoms with van der Waals surface area (Å²) in [6, 6.07) is 9.26. The summed E-state index contributed by atoms with van der Waals surface area (Å²) in [5.41, 5.74) is 3.42. The van der Waals surface area contributed by atoms with E-state index in [0.29, 0.717) is 39.9 Å². The number of carboxylic acid groups (broad SMARTS) is 1. The predicted octanol–water partition coefficient (Wildman–Crippen LogP) is 5.24. The van der Waals surface area contributed by atoms with E-state index >= 15 is 0 Å². The van der Waals surface area contributed by atoms with Crippen LogP contribution in [0.25, 0.3) is 33.1 Å². The number of fused-ring (bicyclic) bond motifs is 2. The maximum absolute atomic E-state index is 14.1. The van der Waals surface area contributed by atoms with Gasteiger partial charge in [-0.2, -0.15) is 0 Å². The molecule has 0 spiro atoms. The van der Waals surface area contributed by atoms with Crippen LogP contribution in [0.3, 0.4) is 0 Å². The van der Waals surface area contributed by atoms with E-state index in [-0.39, 0.29) is 16.4 Å². The molecular weight excluding hydrogens is 447 g/mol. The van der Waals surface area contributed by atoms with Crippen LogP contribution in [0.5, 0.6) is 0 Å². The topological polar surface area (TPSA) is 98.3 Å². The maximum Gasteiger partial charge on any atom is 0.335 e. The van der Waals surface area contributed by atoms with Crippen LogP contribution in [0.15, 0.2) is 47.4 Å². The second-order valence-corrected chi connectivity index (χ2v) is 8.82. The van der Waals surface area contributed by atoms with Crippen LogP contribution in [0.1, 0.15) is 42.1 Å². The molecule has 8 heteroatoms. The van der Waals surface area contributed by atoms with Crippen LogP contribution in [0.4, 0.5) is 10.1 Å². The normalized spacial score (nSPS) is 11.5. The summed E-state index contributed by atoms with van der Waals surface area (Å²) in [6.07, 6.45) is 5.00. The Hall–Kier alpha value is -3.78. The molecule has 0 aliphatic rings. The summed E-state index contributed by atoms with van der Waals surface area (Å²) in [7, 11) is 3.69. The smallest absolute Gasteiger partial charge is 0.335 e. The summed E-state index contributed by atoms with van der Waals surface area (Å²) in [4.78, 5) is 34.8. The first kappa shape index (κ1) is 24.3. The molecule has 0 bridgehead atoms. The first-order chi connectivity index (χ1) is 16.8. The van der Waals surface area contributed by atoms with Crippen LogP contribution in [0, 0.1) is 5.82 Å². The van der Waals surface area contributed by atoms with E-state index in [2.05, 4.69) is 27.1 Å². The summed E-state index contributed by atoms with van der Waals surface area (Å²) in [5, 5.41) is 13.0. The van der Waals surface area contributed by atoms with Gasteiger partial charge in [-0.25, -0.2) is 14.2 Å². The fourth-order valence-corrected chi connectivity index (χ4v) is 4.38. The van der Waals surface area contributed by atoms with Crippen molar-refractivity contribution >= 4 is 33.6 Å². The number of H-pyrrole nitrogens is 1. The minimum absolute atomic E-state index is 0.158. The number of pyridine rings is 2. The van der Waals surface area contributed by atoms with E-state index in [0.717, 1.165) is 31.4 Å². The highest BCUT2D eigenvalue weighted by Gasteiger charge is 2.16. The number of halogens is 1. The number of aromatic carboxylic acids is 1. The van der Waals surface area contributed by atoms with Crippen molar-refractivity contribution in [3.63, 3.8) is 0 Å². The summed E-state index contributed by atoms with van der Waals surface area (Å²) in [6.45, 7) is 3.71. The molecule has 7 nitrogen and oxygen atoms in total. The van der Waals surface area contributed by atoms with Crippen LogP contribution in [0.2, 0.25) is 0 Å². The highest BCUT2D eigenvalue weighted by atomic mass is 19.1. The van der Waals surface area contributed by atoms with Gasteiger partial charge in [0, 0.05) is 25.4 Å². The third kappa shape index (κ3) is 5.02. The number of aromatic nitrogens is 2. The first-order valence-electron chi connectivity index (χ1n) is 11.7. The minimum Gasteiger partial charge on any atom is -0.478 e. The van der Waals surface area contributed by atoms with Crippen molar-refractivity contribution in [2.75, 3.05) is 26.0 Å². The van der Waals surface area contributed by atoms with Crippen LogP contribution in [-0.4, -0.2) is 46.6 Å². The molecular formula is C27H29FN4O3. The Kier molecular flexibility index (Phi) is 7.12. The molecule has 4 rings (SSSR count). The van der Waals surface area contributed by atoms with Gasteiger partial charge in [0.15, 0.2) is 5.43 Å². The van der Waals surface area contributed by atoms with Gasteiger partial charge in [-0.3, -0.25) is 4.79 Å². The van der Waals surface area contributed by atoms with Crippen molar-refractivity contribution in [1.82, 2.24) is 14.9 Å². The fourth-order valence-electron chi connectivity index (χ4n) is 4.38. The molecule has 2 heterocycles. The van der Waals surface area contributed by atoms with Gasteiger partial charge >= 0.3 is 5.97 Å². The third-order valence-electron chi connectivity index (χ3n) is 6.24. The SMILES string of the molecule is CCCCCN(C)Cc1ccc(C(=O)O)cc1-c1cnc2[nH]c3c(NC)cc(F)cc3c(=O)c2c1. The highest BCUT2D eigenvalue weighted by molar-refractivity contribution is 5.98. The number of hydrogen-bond donors (Lipinski definition) is 3. The molecule has 0 amide bonds. The Morgan fingerprint density at radius 3 is 2.69 bits per heavy atom. The molecule has 2 aromatic carbocycles. The molecule has 0 atom stereocenters. The Bertz CT molecular complexity index is 1460. The van der Waals surface area contributed by atoms with Crippen LogP contribution < -0.4 is 10.7 Å². The molecule has 35 heavy (non-hydrogen) atoms. The van der Waals surface area contributed by atoms with Crippen molar-refractivity contribution in [3.05, 3.63) is 69.8 Å². The molecule has 0 radical (unpaired) electrons. The highest BCUT2D eigenvalue weighted by Crippen LogP contribution is 2.29. The van der Waals surface area contributed by atoms with Crippen molar-refractivity contribution in [3.8, 4) is 11.1 Å². The van der Waals surface area contributed by atoms with E-state index in [1.807, 2.05) is 13.1 Å². The van der Waals surface area contributed by atoms with E-state index in [1.165, 1.54) is 12.1 Å². The van der Waals surface area contributed by atoms with Gasteiger partial charge in [0.2, 0.25) is 0 Å². The van der Waals surface area contributed by atoms with Crippen molar-refractivity contribution in [1.29, 1.82) is 0 Å². The molecule has 0 aliphatic heterocycles. The van der Waals surface area contributed by atoms with Gasteiger partial charge in [0.05, 0.1) is 27.5 Å². The quantitative estimate of drug-likeness (QED) is 0.226. The average molecular weight is 477 g/mol. The van der Waals surface area contributed by atoms with E-state index in [9.17, 15) is 19.1 Å². The van der Waals surface area contributed by atoms with Crippen molar-refractivity contribution in [2.45, 2.75) is 32.7 Å². The molecule has 0 aliphatic carbocycles. The number of carboxylic acids is 1.